The highest BCUT2D eigenvalue weighted by atomic mass is 15.2. The second kappa shape index (κ2) is 4.66. The summed E-state index contributed by atoms with van der Waals surface area (Å²) in [6.45, 7) is 8.41. The quantitative estimate of drug-likeness (QED) is 0.736. The third kappa shape index (κ3) is 2.28. The maximum absolute atomic E-state index is 3.56. The fourth-order valence-electron chi connectivity index (χ4n) is 3.83. The van der Waals surface area contributed by atoms with Gasteiger partial charge in [-0.3, -0.25) is 4.90 Å². The van der Waals surface area contributed by atoms with Crippen LogP contribution >= 0.6 is 0 Å². The molecular weight excluding hydrogens is 196 g/mol. The molecule has 0 aromatic heterocycles. The molecule has 1 N–H and O–H groups in total. The number of hydrogen-bond donors (Lipinski definition) is 1. The van der Waals surface area contributed by atoms with Crippen molar-refractivity contribution in [3.05, 3.63) is 0 Å². The van der Waals surface area contributed by atoms with Gasteiger partial charge in [0.1, 0.15) is 0 Å². The van der Waals surface area contributed by atoms with Crippen LogP contribution in [0.2, 0.25) is 0 Å². The van der Waals surface area contributed by atoms with E-state index < -0.39 is 0 Å². The Morgan fingerprint density at radius 1 is 1.06 bits per heavy atom. The number of hydrogen-bond acceptors (Lipinski definition) is 2. The number of likely N-dealkylation sites (N-methyl/N-ethyl adjacent to an activating group) is 1. The van der Waals surface area contributed by atoms with Gasteiger partial charge in [0.15, 0.2) is 0 Å². The molecule has 0 radical (unpaired) electrons. The van der Waals surface area contributed by atoms with Crippen LogP contribution in [0.4, 0.5) is 0 Å². The van der Waals surface area contributed by atoms with Crippen molar-refractivity contribution in [3.8, 4) is 0 Å². The average Bonchev–Trinajstić information content (AvgIpc) is 2.26. The molecule has 94 valence electrons. The minimum atomic E-state index is 0.329. The molecule has 1 heterocycles. The predicted molar refractivity (Wildman–Crippen MR) is 69.7 cm³/mol. The summed E-state index contributed by atoms with van der Waals surface area (Å²) in [5.41, 5.74) is 0.329. The molecule has 0 aromatic carbocycles. The molecule has 3 atom stereocenters. The molecule has 0 bridgehead atoms. The first-order chi connectivity index (χ1) is 7.54. The highest BCUT2D eigenvalue weighted by Gasteiger charge is 2.42. The van der Waals surface area contributed by atoms with E-state index in [1.807, 2.05) is 0 Å². The Bertz CT molecular complexity index is 223. The summed E-state index contributed by atoms with van der Waals surface area (Å²) < 4.78 is 0. The molecule has 1 saturated heterocycles. The Kier molecular flexibility index (Phi) is 3.60. The van der Waals surface area contributed by atoms with E-state index in [0.717, 1.165) is 18.0 Å². The molecule has 16 heavy (non-hydrogen) atoms. The van der Waals surface area contributed by atoms with Crippen LogP contribution in [0.1, 0.15) is 52.9 Å². The lowest BCUT2D eigenvalue weighted by Crippen LogP contribution is -2.62. The van der Waals surface area contributed by atoms with Gasteiger partial charge in [0, 0.05) is 17.6 Å². The summed E-state index contributed by atoms with van der Waals surface area (Å²) in [4.78, 5) is 2.77. The molecule has 0 spiro atoms. The molecule has 2 aliphatic rings. The normalized spacial score (nSPS) is 37.1. The van der Waals surface area contributed by atoms with Crippen molar-refractivity contribution in [2.45, 2.75) is 70.5 Å². The van der Waals surface area contributed by atoms with E-state index in [9.17, 15) is 0 Å². The third-order valence-corrected chi connectivity index (χ3v) is 4.55. The summed E-state index contributed by atoms with van der Waals surface area (Å²) in [5.74, 6) is 0.944. The van der Waals surface area contributed by atoms with Crippen LogP contribution < -0.4 is 5.32 Å². The summed E-state index contributed by atoms with van der Waals surface area (Å²) in [6, 6.07) is 1.51. The van der Waals surface area contributed by atoms with Gasteiger partial charge in [0.2, 0.25) is 0 Å². The van der Waals surface area contributed by atoms with Crippen LogP contribution in [-0.4, -0.2) is 36.1 Å². The van der Waals surface area contributed by atoms with E-state index in [1.54, 1.807) is 0 Å². The largest absolute Gasteiger partial charge is 0.315 e. The molecule has 1 aliphatic carbocycles. The Balaban J connectivity index is 2.18. The Morgan fingerprint density at radius 2 is 1.75 bits per heavy atom. The minimum Gasteiger partial charge on any atom is -0.315 e. The zero-order valence-electron chi connectivity index (χ0n) is 11.4. The highest BCUT2D eigenvalue weighted by Crippen LogP contribution is 2.38. The fourth-order valence-corrected chi connectivity index (χ4v) is 3.83. The van der Waals surface area contributed by atoms with Crippen molar-refractivity contribution >= 4 is 0 Å². The first kappa shape index (κ1) is 12.4. The van der Waals surface area contributed by atoms with Gasteiger partial charge in [-0.25, -0.2) is 0 Å². The minimum absolute atomic E-state index is 0.329. The van der Waals surface area contributed by atoms with Crippen LogP contribution in [0.5, 0.6) is 0 Å². The Labute approximate surface area is 101 Å². The first-order valence-corrected chi connectivity index (χ1v) is 6.98. The van der Waals surface area contributed by atoms with E-state index in [2.05, 4.69) is 38.0 Å². The number of nitrogens with zero attached hydrogens (tertiary/aromatic N) is 1. The smallest absolute Gasteiger partial charge is 0.0282 e. The predicted octanol–water partition coefficient (Wildman–Crippen LogP) is 2.64. The number of fused-ring (bicyclic) bond motifs is 1. The molecule has 2 nitrogen and oxygen atoms in total. The summed E-state index contributed by atoms with van der Waals surface area (Å²) in [7, 11) is 2.14. The number of likely N-dealkylation sites (tertiary alicyclic amines) is 1. The van der Waals surface area contributed by atoms with Crippen molar-refractivity contribution in [3.63, 3.8) is 0 Å². The monoisotopic (exact) mass is 224 g/mol. The van der Waals surface area contributed by atoms with Crippen molar-refractivity contribution in [1.82, 2.24) is 10.2 Å². The van der Waals surface area contributed by atoms with Crippen molar-refractivity contribution in [2.75, 3.05) is 13.6 Å². The van der Waals surface area contributed by atoms with Crippen LogP contribution in [-0.2, 0) is 0 Å². The van der Waals surface area contributed by atoms with Gasteiger partial charge in [0.25, 0.3) is 0 Å². The van der Waals surface area contributed by atoms with Crippen LogP contribution in [0.3, 0.4) is 0 Å². The van der Waals surface area contributed by atoms with Crippen LogP contribution in [0.25, 0.3) is 0 Å². The Hall–Kier alpha value is -0.0800. The molecule has 3 unspecified atom stereocenters. The zero-order valence-corrected chi connectivity index (χ0v) is 11.4. The van der Waals surface area contributed by atoms with E-state index in [0.29, 0.717) is 5.54 Å². The molecule has 1 saturated carbocycles. The van der Waals surface area contributed by atoms with Crippen molar-refractivity contribution in [1.29, 1.82) is 0 Å². The number of rotatable bonds is 1. The van der Waals surface area contributed by atoms with E-state index >= 15 is 0 Å². The number of nitrogens with one attached hydrogen (secondary N) is 1. The summed E-state index contributed by atoms with van der Waals surface area (Å²) in [5, 5.41) is 3.56. The highest BCUT2D eigenvalue weighted by molar-refractivity contribution is 4.99. The van der Waals surface area contributed by atoms with Gasteiger partial charge in [-0.1, -0.05) is 6.42 Å². The lowest BCUT2D eigenvalue weighted by Gasteiger charge is -2.53. The van der Waals surface area contributed by atoms with Crippen molar-refractivity contribution < 1.29 is 0 Å². The maximum atomic E-state index is 3.56. The number of piperidine rings is 1. The second-order valence-corrected chi connectivity index (χ2v) is 6.58. The third-order valence-electron chi connectivity index (χ3n) is 4.55. The first-order valence-electron chi connectivity index (χ1n) is 6.98. The van der Waals surface area contributed by atoms with E-state index in [-0.39, 0.29) is 0 Å². The molecule has 0 aromatic rings. The molecular formula is C14H28N2. The molecule has 2 fully saturated rings. The molecule has 2 rings (SSSR count). The lowest BCUT2D eigenvalue weighted by atomic mass is 9.74. The van der Waals surface area contributed by atoms with Crippen molar-refractivity contribution in [2.24, 2.45) is 5.92 Å². The van der Waals surface area contributed by atoms with Crippen LogP contribution in [0.15, 0.2) is 0 Å². The second-order valence-electron chi connectivity index (χ2n) is 6.58. The maximum Gasteiger partial charge on any atom is 0.0282 e. The average molecular weight is 224 g/mol. The van der Waals surface area contributed by atoms with E-state index in [4.69, 9.17) is 0 Å². The molecule has 0 amide bonds. The van der Waals surface area contributed by atoms with Gasteiger partial charge in [-0.2, -0.15) is 0 Å². The van der Waals surface area contributed by atoms with Crippen LogP contribution in [0, 0.1) is 5.92 Å². The topological polar surface area (TPSA) is 15.3 Å². The fraction of sp³-hybridized carbons (Fsp3) is 1.00. The molecule has 2 heteroatoms. The van der Waals surface area contributed by atoms with Gasteiger partial charge < -0.3 is 5.32 Å². The van der Waals surface area contributed by atoms with Gasteiger partial charge in [-0.05, 0) is 66.0 Å². The lowest BCUT2D eigenvalue weighted by molar-refractivity contribution is -0.0211. The summed E-state index contributed by atoms with van der Waals surface area (Å²) >= 11 is 0. The zero-order chi connectivity index (χ0) is 11.8. The Morgan fingerprint density at radius 3 is 2.38 bits per heavy atom. The standard InChI is InChI=1S/C14H28N2/c1-14(2,3)16-10-6-8-11-7-5-9-12(15-4)13(11)16/h11-13,15H,5-10H2,1-4H3. The van der Waals surface area contributed by atoms with Gasteiger partial charge in [-0.15, -0.1) is 0 Å². The van der Waals surface area contributed by atoms with Gasteiger partial charge in [0.05, 0.1) is 0 Å². The SMILES string of the molecule is CNC1CCCC2CCCN(C(C)(C)C)C21. The summed E-state index contributed by atoms with van der Waals surface area (Å²) in [6.07, 6.45) is 7.09. The van der Waals surface area contributed by atoms with E-state index in [1.165, 1.54) is 38.6 Å². The molecule has 1 aliphatic heterocycles. The van der Waals surface area contributed by atoms with Gasteiger partial charge >= 0.3 is 0 Å².